The minimum absolute atomic E-state index is 0.0492. The van der Waals surface area contributed by atoms with E-state index in [4.69, 9.17) is 21.0 Å². The quantitative estimate of drug-likeness (QED) is 0.287. The zero-order valence-corrected chi connectivity index (χ0v) is 16.9. The molecule has 1 unspecified atom stereocenters. The van der Waals surface area contributed by atoms with E-state index in [-0.39, 0.29) is 18.1 Å². The first-order chi connectivity index (χ1) is 13.0. The molecule has 11 heteroatoms. The summed E-state index contributed by atoms with van der Waals surface area (Å²) in [7, 11) is -0.0492. The van der Waals surface area contributed by atoms with Gasteiger partial charge >= 0.3 is 13.6 Å². The third-order valence-electron chi connectivity index (χ3n) is 4.48. The fraction of sp³-hybridized carbons (Fsp3) is 0.588. The lowest BCUT2D eigenvalue weighted by Crippen LogP contribution is -2.45. The minimum Gasteiger partial charge on any atom is -0.494 e. The number of nitro groups is 1. The number of unbranched alkanes of at least 4 members (excludes halogenated alkanes) is 1. The average molecular weight is 415 g/mol. The van der Waals surface area contributed by atoms with Crippen LogP contribution < -0.4 is 10.2 Å². The molecule has 1 atom stereocenters. The van der Waals surface area contributed by atoms with Crippen molar-refractivity contribution in [3.63, 3.8) is 0 Å². The first-order valence-electron chi connectivity index (χ1n) is 8.89. The van der Waals surface area contributed by atoms with Gasteiger partial charge in [0.1, 0.15) is 5.75 Å². The second-order valence-corrected chi connectivity index (χ2v) is 8.03. The van der Waals surface area contributed by atoms with Crippen LogP contribution in [0.15, 0.2) is 12.1 Å². The molecule has 2 rings (SSSR count). The van der Waals surface area contributed by atoms with Crippen LogP contribution in [-0.2, 0) is 10.4 Å². The highest BCUT2D eigenvalue weighted by Gasteiger charge is 2.46. The Labute approximate surface area is 168 Å². The standard InChI is InChI=1S/C17H24BClN2O7/c1-16(2,3)20(15(22)23)8-4-5-9-27-12-7-6-11(19)13-14(12)18-28-17(13,24)10-21(25)26/h6-7,18,24H,4-5,8-10H2,1-3H3,(H,22,23). The van der Waals surface area contributed by atoms with Gasteiger partial charge in [-0.25, -0.2) is 4.79 Å². The number of aliphatic hydroxyl groups is 1. The highest BCUT2D eigenvalue weighted by atomic mass is 35.5. The van der Waals surface area contributed by atoms with Gasteiger partial charge in [-0.05, 0) is 51.2 Å². The number of carbonyl (C=O) groups is 1. The second kappa shape index (κ2) is 8.54. The molecule has 1 aromatic carbocycles. The van der Waals surface area contributed by atoms with Gasteiger partial charge in [-0.15, -0.1) is 0 Å². The number of benzene rings is 1. The predicted octanol–water partition coefficient (Wildman–Crippen LogP) is 1.71. The first-order valence-corrected chi connectivity index (χ1v) is 9.27. The van der Waals surface area contributed by atoms with E-state index >= 15 is 0 Å². The maximum Gasteiger partial charge on any atom is 0.407 e. The van der Waals surface area contributed by atoms with Gasteiger partial charge in [0.25, 0.3) is 6.54 Å². The summed E-state index contributed by atoms with van der Waals surface area (Å²) in [6.45, 7) is 5.38. The SMILES string of the molecule is CC(C)(C)N(CCCCOc1ccc(Cl)c2c1BOC2(O)C[N+](=O)[O-])C(=O)O. The summed E-state index contributed by atoms with van der Waals surface area (Å²) in [5, 5.41) is 30.7. The number of fused-ring (bicyclic) bond motifs is 1. The Balaban J connectivity index is 1.98. The van der Waals surface area contributed by atoms with E-state index in [1.54, 1.807) is 6.07 Å². The van der Waals surface area contributed by atoms with Crippen molar-refractivity contribution in [2.75, 3.05) is 19.7 Å². The summed E-state index contributed by atoms with van der Waals surface area (Å²) in [6.07, 6.45) is 0.254. The zero-order chi connectivity index (χ0) is 21.1. The van der Waals surface area contributed by atoms with E-state index in [2.05, 4.69) is 0 Å². The Bertz CT molecular complexity index is 756. The van der Waals surface area contributed by atoms with Gasteiger partial charge in [0, 0.05) is 27.6 Å². The molecular weight excluding hydrogens is 390 g/mol. The minimum atomic E-state index is -2.08. The molecule has 0 bridgehead atoms. The number of ether oxygens (including phenoxy) is 1. The molecule has 1 aromatic rings. The Morgan fingerprint density at radius 2 is 2.11 bits per heavy atom. The lowest BCUT2D eigenvalue weighted by atomic mass is 9.85. The molecule has 0 aliphatic carbocycles. The van der Waals surface area contributed by atoms with E-state index < -0.39 is 28.9 Å². The largest absolute Gasteiger partial charge is 0.494 e. The second-order valence-electron chi connectivity index (χ2n) is 7.62. The smallest absolute Gasteiger partial charge is 0.407 e. The van der Waals surface area contributed by atoms with Gasteiger partial charge in [0.05, 0.1) is 6.61 Å². The summed E-state index contributed by atoms with van der Waals surface area (Å²) >= 11 is 6.12. The van der Waals surface area contributed by atoms with Gasteiger partial charge < -0.3 is 24.5 Å². The van der Waals surface area contributed by atoms with Crippen LogP contribution in [0.4, 0.5) is 4.79 Å². The normalized spacial score (nSPS) is 18.3. The maximum absolute atomic E-state index is 11.3. The molecule has 0 fully saturated rings. The number of amides is 1. The molecule has 0 saturated carbocycles. The molecule has 0 saturated heterocycles. The van der Waals surface area contributed by atoms with Crippen LogP contribution in [0.5, 0.6) is 5.75 Å². The lowest BCUT2D eigenvalue weighted by molar-refractivity contribution is -0.517. The van der Waals surface area contributed by atoms with Crippen LogP contribution in [0.1, 0.15) is 39.2 Å². The molecule has 154 valence electrons. The number of carboxylic acid groups (broad SMARTS) is 1. The number of hydrogen-bond acceptors (Lipinski definition) is 6. The van der Waals surface area contributed by atoms with Gasteiger partial charge in [0.15, 0.2) is 0 Å². The summed E-state index contributed by atoms with van der Waals surface area (Å²) < 4.78 is 11.0. The van der Waals surface area contributed by atoms with Gasteiger partial charge in [-0.1, -0.05) is 11.6 Å². The van der Waals surface area contributed by atoms with Gasteiger partial charge in [-0.3, -0.25) is 10.1 Å². The summed E-state index contributed by atoms with van der Waals surface area (Å²) in [5.41, 5.74) is 0.162. The third kappa shape index (κ3) is 5.06. The molecule has 1 heterocycles. The number of halogens is 1. The Morgan fingerprint density at radius 1 is 1.43 bits per heavy atom. The van der Waals surface area contributed by atoms with Crippen LogP contribution in [0.25, 0.3) is 0 Å². The molecule has 1 aliphatic heterocycles. The highest BCUT2D eigenvalue weighted by molar-refractivity contribution is 6.52. The van der Waals surface area contributed by atoms with Crippen molar-refractivity contribution in [3.05, 3.63) is 32.8 Å². The van der Waals surface area contributed by atoms with Crippen molar-refractivity contribution in [1.82, 2.24) is 4.90 Å². The van der Waals surface area contributed by atoms with E-state index in [9.17, 15) is 25.1 Å². The van der Waals surface area contributed by atoms with Crippen LogP contribution in [0.2, 0.25) is 5.02 Å². The molecule has 2 N–H and O–H groups in total. The zero-order valence-electron chi connectivity index (χ0n) is 16.1. The Hall–Kier alpha value is -2.04. The fourth-order valence-electron chi connectivity index (χ4n) is 3.14. The molecule has 1 aliphatic rings. The third-order valence-corrected chi connectivity index (χ3v) is 4.80. The van der Waals surface area contributed by atoms with Crippen molar-refractivity contribution < 1.29 is 29.3 Å². The Morgan fingerprint density at radius 3 is 2.68 bits per heavy atom. The molecule has 1 amide bonds. The van der Waals surface area contributed by atoms with E-state index in [1.165, 1.54) is 11.0 Å². The van der Waals surface area contributed by atoms with Crippen molar-refractivity contribution in [3.8, 4) is 5.75 Å². The first kappa shape index (κ1) is 22.3. The van der Waals surface area contributed by atoms with Crippen LogP contribution >= 0.6 is 11.6 Å². The van der Waals surface area contributed by atoms with Crippen molar-refractivity contribution in [2.45, 2.75) is 44.9 Å². The monoisotopic (exact) mass is 414 g/mol. The van der Waals surface area contributed by atoms with Crippen molar-refractivity contribution in [2.24, 2.45) is 0 Å². The molecule has 0 spiro atoms. The van der Waals surface area contributed by atoms with Crippen molar-refractivity contribution >= 4 is 30.6 Å². The van der Waals surface area contributed by atoms with E-state index in [0.29, 0.717) is 37.2 Å². The summed E-state index contributed by atoms with van der Waals surface area (Å²) in [4.78, 5) is 22.9. The van der Waals surface area contributed by atoms with E-state index in [0.717, 1.165) is 0 Å². The van der Waals surface area contributed by atoms with Gasteiger partial charge in [-0.2, -0.15) is 0 Å². The van der Waals surface area contributed by atoms with Gasteiger partial charge in [0.2, 0.25) is 5.79 Å². The Kier molecular flexibility index (Phi) is 6.79. The molecule has 0 aromatic heterocycles. The summed E-state index contributed by atoms with van der Waals surface area (Å²) in [6, 6.07) is 3.13. The maximum atomic E-state index is 11.3. The predicted molar refractivity (Wildman–Crippen MR) is 104 cm³/mol. The molecule has 9 nitrogen and oxygen atoms in total. The number of hydrogen-bond donors (Lipinski definition) is 2. The van der Waals surface area contributed by atoms with Crippen LogP contribution in [0, 0.1) is 10.1 Å². The topological polar surface area (TPSA) is 122 Å². The van der Waals surface area contributed by atoms with Crippen molar-refractivity contribution in [1.29, 1.82) is 0 Å². The molecule has 28 heavy (non-hydrogen) atoms. The van der Waals surface area contributed by atoms with Crippen LogP contribution in [-0.4, -0.2) is 58.8 Å². The average Bonchev–Trinajstić information content (AvgIpc) is 2.88. The van der Waals surface area contributed by atoms with Crippen LogP contribution in [0.3, 0.4) is 0 Å². The molecule has 0 radical (unpaired) electrons. The van der Waals surface area contributed by atoms with E-state index in [1.807, 2.05) is 20.8 Å². The lowest BCUT2D eigenvalue weighted by Gasteiger charge is -2.33. The molecular formula is C17H24BClN2O7. The summed E-state index contributed by atoms with van der Waals surface area (Å²) in [5.74, 6) is -1.64. The number of nitrogens with zero attached hydrogens (tertiary/aromatic N) is 2. The highest BCUT2D eigenvalue weighted by Crippen LogP contribution is 2.35. The fourth-order valence-corrected chi connectivity index (χ4v) is 3.46. The number of rotatable bonds is 8.